The van der Waals surface area contributed by atoms with E-state index in [-0.39, 0.29) is 5.56 Å². The molecule has 0 aliphatic rings. The smallest absolute Gasteiger partial charge is 0.335 e. The number of carboxylic acids is 1. The molecule has 4 nitrogen and oxygen atoms in total. The number of carbonyl (C=O) groups is 1. The SMILES string of the molecule is COc1ccc(-c2cc(F)cc(C(=O)O)c2)cc1OC. The van der Waals surface area contributed by atoms with Crippen LogP contribution in [0.15, 0.2) is 36.4 Å². The Morgan fingerprint density at radius 2 is 1.70 bits per heavy atom. The van der Waals surface area contributed by atoms with Crippen LogP contribution >= 0.6 is 0 Å². The molecule has 5 heteroatoms. The highest BCUT2D eigenvalue weighted by molar-refractivity contribution is 5.89. The minimum atomic E-state index is -1.17. The summed E-state index contributed by atoms with van der Waals surface area (Å²) >= 11 is 0. The van der Waals surface area contributed by atoms with Crippen molar-refractivity contribution in [3.63, 3.8) is 0 Å². The fraction of sp³-hybridized carbons (Fsp3) is 0.133. The van der Waals surface area contributed by atoms with Crippen LogP contribution in [0.3, 0.4) is 0 Å². The van der Waals surface area contributed by atoms with Crippen LogP contribution in [-0.2, 0) is 0 Å². The predicted molar refractivity (Wildman–Crippen MR) is 71.9 cm³/mol. The van der Waals surface area contributed by atoms with E-state index in [0.29, 0.717) is 22.6 Å². The van der Waals surface area contributed by atoms with Crippen molar-refractivity contribution in [2.75, 3.05) is 14.2 Å². The Morgan fingerprint density at radius 3 is 2.30 bits per heavy atom. The number of halogens is 1. The number of ether oxygens (including phenoxy) is 2. The topological polar surface area (TPSA) is 55.8 Å². The maximum atomic E-state index is 13.5. The number of methoxy groups -OCH3 is 2. The maximum absolute atomic E-state index is 13.5. The van der Waals surface area contributed by atoms with E-state index in [1.807, 2.05) is 0 Å². The van der Waals surface area contributed by atoms with Crippen LogP contribution in [0.4, 0.5) is 4.39 Å². The zero-order valence-corrected chi connectivity index (χ0v) is 11.0. The van der Waals surface area contributed by atoms with E-state index in [2.05, 4.69) is 0 Å². The van der Waals surface area contributed by atoms with Gasteiger partial charge in [0.1, 0.15) is 5.82 Å². The Labute approximate surface area is 115 Å². The van der Waals surface area contributed by atoms with E-state index >= 15 is 0 Å². The zero-order chi connectivity index (χ0) is 14.7. The third kappa shape index (κ3) is 2.71. The molecule has 0 aliphatic carbocycles. The first-order valence-electron chi connectivity index (χ1n) is 5.81. The molecule has 0 amide bonds. The van der Waals surface area contributed by atoms with Gasteiger partial charge in [0.15, 0.2) is 11.5 Å². The molecule has 0 aliphatic heterocycles. The van der Waals surface area contributed by atoms with Crippen molar-refractivity contribution in [2.24, 2.45) is 0 Å². The standard InChI is InChI=1S/C15H13FO4/c1-19-13-4-3-9(8-14(13)20-2)10-5-11(15(17)18)7-12(16)6-10/h3-8H,1-2H3,(H,17,18). The van der Waals surface area contributed by atoms with Gasteiger partial charge in [0.05, 0.1) is 19.8 Å². The van der Waals surface area contributed by atoms with Crippen LogP contribution in [-0.4, -0.2) is 25.3 Å². The molecule has 20 heavy (non-hydrogen) atoms. The molecular formula is C15H13FO4. The number of rotatable bonds is 4. The molecule has 2 aromatic rings. The molecule has 0 saturated heterocycles. The summed E-state index contributed by atoms with van der Waals surface area (Å²) in [6.45, 7) is 0. The number of hydrogen-bond acceptors (Lipinski definition) is 3. The van der Waals surface area contributed by atoms with Gasteiger partial charge >= 0.3 is 5.97 Å². The zero-order valence-electron chi connectivity index (χ0n) is 11.0. The van der Waals surface area contributed by atoms with Crippen molar-refractivity contribution in [3.05, 3.63) is 47.8 Å². The molecule has 0 aromatic heterocycles. The molecule has 2 aromatic carbocycles. The Hall–Kier alpha value is -2.56. The lowest BCUT2D eigenvalue weighted by Crippen LogP contribution is -1.98. The van der Waals surface area contributed by atoms with Gasteiger partial charge in [0.25, 0.3) is 0 Å². The molecule has 104 valence electrons. The summed E-state index contributed by atoms with van der Waals surface area (Å²) in [6, 6.07) is 8.72. The van der Waals surface area contributed by atoms with Crippen molar-refractivity contribution in [1.82, 2.24) is 0 Å². The van der Waals surface area contributed by atoms with Crippen LogP contribution in [0.5, 0.6) is 11.5 Å². The molecule has 0 fully saturated rings. The minimum absolute atomic E-state index is 0.102. The Kier molecular flexibility index (Phi) is 3.89. The number of carboxylic acid groups (broad SMARTS) is 1. The highest BCUT2D eigenvalue weighted by Gasteiger charge is 2.11. The fourth-order valence-electron chi connectivity index (χ4n) is 1.90. The van der Waals surface area contributed by atoms with Crippen molar-refractivity contribution >= 4 is 5.97 Å². The molecule has 0 bridgehead atoms. The molecule has 1 N–H and O–H groups in total. The van der Waals surface area contributed by atoms with Gasteiger partial charge in [-0.2, -0.15) is 0 Å². The molecule has 0 saturated carbocycles. The van der Waals surface area contributed by atoms with Crippen molar-refractivity contribution in [1.29, 1.82) is 0 Å². The summed E-state index contributed by atoms with van der Waals surface area (Å²) in [4.78, 5) is 10.9. The number of hydrogen-bond donors (Lipinski definition) is 1. The van der Waals surface area contributed by atoms with Gasteiger partial charge in [-0.3, -0.25) is 0 Å². The fourth-order valence-corrected chi connectivity index (χ4v) is 1.90. The molecule has 0 unspecified atom stereocenters. The van der Waals surface area contributed by atoms with E-state index in [0.717, 1.165) is 6.07 Å². The summed E-state index contributed by atoms with van der Waals surface area (Å²) in [5.41, 5.74) is 1.00. The third-order valence-corrected chi connectivity index (χ3v) is 2.86. The van der Waals surface area contributed by atoms with Crippen LogP contribution < -0.4 is 9.47 Å². The predicted octanol–water partition coefficient (Wildman–Crippen LogP) is 3.21. The maximum Gasteiger partial charge on any atom is 0.335 e. The van der Waals surface area contributed by atoms with E-state index in [1.165, 1.54) is 26.4 Å². The first-order valence-corrected chi connectivity index (χ1v) is 5.81. The highest BCUT2D eigenvalue weighted by atomic mass is 19.1. The first-order chi connectivity index (χ1) is 9.55. The van der Waals surface area contributed by atoms with Gasteiger partial charge < -0.3 is 14.6 Å². The summed E-state index contributed by atoms with van der Waals surface area (Å²) in [6.07, 6.45) is 0. The van der Waals surface area contributed by atoms with Crippen LogP contribution in [0.1, 0.15) is 10.4 Å². The lowest BCUT2D eigenvalue weighted by Gasteiger charge is -2.10. The number of benzene rings is 2. The third-order valence-electron chi connectivity index (χ3n) is 2.86. The second kappa shape index (κ2) is 5.61. The Balaban J connectivity index is 2.53. The van der Waals surface area contributed by atoms with Crippen molar-refractivity contribution in [3.8, 4) is 22.6 Å². The molecule has 0 spiro atoms. The first kappa shape index (κ1) is 13.9. The summed E-state index contributed by atoms with van der Waals surface area (Å²) in [5, 5.41) is 8.95. The summed E-state index contributed by atoms with van der Waals surface area (Å²) in [7, 11) is 3.01. The van der Waals surface area contributed by atoms with Gasteiger partial charge in [-0.25, -0.2) is 9.18 Å². The average Bonchev–Trinajstić information content (AvgIpc) is 2.45. The second-order valence-corrected chi connectivity index (χ2v) is 4.10. The van der Waals surface area contributed by atoms with Gasteiger partial charge in [0, 0.05) is 0 Å². The molecule has 0 heterocycles. The van der Waals surface area contributed by atoms with Crippen LogP contribution in [0.25, 0.3) is 11.1 Å². The summed E-state index contributed by atoms with van der Waals surface area (Å²) in [5.74, 6) is -0.738. The van der Waals surface area contributed by atoms with Crippen LogP contribution in [0, 0.1) is 5.82 Å². The quantitative estimate of drug-likeness (QED) is 0.931. The van der Waals surface area contributed by atoms with Crippen molar-refractivity contribution in [2.45, 2.75) is 0 Å². The monoisotopic (exact) mass is 276 g/mol. The van der Waals surface area contributed by atoms with E-state index in [9.17, 15) is 9.18 Å². The summed E-state index contributed by atoms with van der Waals surface area (Å²) < 4.78 is 23.8. The Bertz CT molecular complexity index is 652. The molecule has 0 atom stereocenters. The van der Waals surface area contributed by atoms with E-state index < -0.39 is 11.8 Å². The number of aromatic carboxylic acids is 1. The second-order valence-electron chi connectivity index (χ2n) is 4.10. The van der Waals surface area contributed by atoms with Gasteiger partial charge in [0.2, 0.25) is 0 Å². The largest absolute Gasteiger partial charge is 0.493 e. The normalized spacial score (nSPS) is 10.2. The lowest BCUT2D eigenvalue weighted by atomic mass is 10.0. The van der Waals surface area contributed by atoms with Crippen molar-refractivity contribution < 1.29 is 23.8 Å². The van der Waals surface area contributed by atoms with Gasteiger partial charge in [-0.05, 0) is 41.5 Å². The van der Waals surface area contributed by atoms with E-state index in [1.54, 1.807) is 18.2 Å². The van der Waals surface area contributed by atoms with Gasteiger partial charge in [-0.1, -0.05) is 6.07 Å². The Morgan fingerprint density at radius 1 is 1.00 bits per heavy atom. The highest BCUT2D eigenvalue weighted by Crippen LogP contribution is 2.32. The average molecular weight is 276 g/mol. The molecule has 2 rings (SSSR count). The minimum Gasteiger partial charge on any atom is -0.493 e. The van der Waals surface area contributed by atoms with Gasteiger partial charge in [-0.15, -0.1) is 0 Å². The van der Waals surface area contributed by atoms with E-state index in [4.69, 9.17) is 14.6 Å². The lowest BCUT2D eigenvalue weighted by molar-refractivity contribution is 0.0696. The van der Waals surface area contributed by atoms with Crippen LogP contribution in [0.2, 0.25) is 0 Å². The molecular weight excluding hydrogens is 263 g/mol. The molecule has 0 radical (unpaired) electrons.